The van der Waals surface area contributed by atoms with Crippen molar-refractivity contribution in [3.05, 3.63) is 18.3 Å². The standard InChI is InChI=1S/C12H16N4O/c1-14-12-7-11(4-5-15-12)17-8-10-3-2-6-16(10)9-13/h4-5,7,10H,2-3,6,8H2,1H3,(H,14,15). The molecule has 1 aromatic heterocycles. The first kappa shape index (κ1) is 11.5. The fourth-order valence-electron chi connectivity index (χ4n) is 1.97. The summed E-state index contributed by atoms with van der Waals surface area (Å²) < 4.78 is 5.69. The van der Waals surface area contributed by atoms with Crippen LogP contribution < -0.4 is 10.1 Å². The van der Waals surface area contributed by atoms with E-state index in [0.717, 1.165) is 31.0 Å². The smallest absolute Gasteiger partial charge is 0.179 e. The summed E-state index contributed by atoms with van der Waals surface area (Å²) in [6.07, 6.45) is 6.00. The van der Waals surface area contributed by atoms with Crippen LogP contribution in [0.4, 0.5) is 5.82 Å². The van der Waals surface area contributed by atoms with Gasteiger partial charge in [0.1, 0.15) is 18.2 Å². The Kier molecular flexibility index (Phi) is 3.66. The topological polar surface area (TPSA) is 61.2 Å². The van der Waals surface area contributed by atoms with Crippen LogP contribution in [-0.4, -0.2) is 36.1 Å². The van der Waals surface area contributed by atoms with Gasteiger partial charge in [-0.3, -0.25) is 0 Å². The van der Waals surface area contributed by atoms with Crippen LogP contribution in [0.3, 0.4) is 0 Å². The first-order chi connectivity index (χ1) is 8.33. The maximum absolute atomic E-state index is 8.92. The van der Waals surface area contributed by atoms with Crippen LogP contribution in [0.5, 0.6) is 5.75 Å². The Morgan fingerprint density at radius 2 is 2.59 bits per heavy atom. The Balaban J connectivity index is 1.91. The highest BCUT2D eigenvalue weighted by Gasteiger charge is 2.23. The molecule has 0 radical (unpaired) electrons. The maximum Gasteiger partial charge on any atom is 0.179 e. The van der Waals surface area contributed by atoms with Crippen molar-refractivity contribution in [1.29, 1.82) is 5.26 Å². The van der Waals surface area contributed by atoms with Crippen LogP contribution in [0.25, 0.3) is 0 Å². The van der Waals surface area contributed by atoms with E-state index >= 15 is 0 Å². The number of nitrogens with zero attached hydrogens (tertiary/aromatic N) is 3. The van der Waals surface area contributed by atoms with Gasteiger partial charge in [-0.15, -0.1) is 0 Å². The van der Waals surface area contributed by atoms with E-state index < -0.39 is 0 Å². The predicted octanol–water partition coefficient (Wildman–Crippen LogP) is 1.45. The van der Waals surface area contributed by atoms with E-state index in [1.165, 1.54) is 0 Å². The number of anilines is 1. The summed E-state index contributed by atoms with van der Waals surface area (Å²) in [6, 6.07) is 3.89. The second-order valence-corrected chi connectivity index (χ2v) is 4.03. The molecule has 1 aliphatic heterocycles. The van der Waals surface area contributed by atoms with Crippen molar-refractivity contribution in [2.45, 2.75) is 18.9 Å². The van der Waals surface area contributed by atoms with Crippen molar-refractivity contribution < 1.29 is 4.74 Å². The van der Waals surface area contributed by atoms with E-state index in [1.807, 2.05) is 19.2 Å². The molecule has 1 aliphatic rings. The van der Waals surface area contributed by atoms with Crippen molar-refractivity contribution in [3.8, 4) is 11.9 Å². The molecule has 0 bridgehead atoms. The van der Waals surface area contributed by atoms with E-state index in [4.69, 9.17) is 10.00 Å². The molecule has 1 unspecified atom stereocenters. The van der Waals surface area contributed by atoms with Gasteiger partial charge < -0.3 is 15.0 Å². The van der Waals surface area contributed by atoms with E-state index in [0.29, 0.717) is 6.61 Å². The molecule has 90 valence electrons. The number of ether oxygens (including phenoxy) is 1. The SMILES string of the molecule is CNc1cc(OCC2CCCN2C#N)ccn1. The normalized spacial score (nSPS) is 18.8. The van der Waals surface area contributed by atoms with Crippen molar-refractivity contribution in [1.82, 2.24) is 9.88 Å². The Labute approximate surface area is 101 Å². The Morgan fingerprint density at radius 3 is 3.35 bits per heavy atom. The maximum atomic E-state index is 8.92. The Hall–Kier alpha value is -1.96. The lowest BCUT2D eigenvalue weighted by molar-refractivity contribution is 0.219. The molecule has 1 fully saturated rings. The van der Waals surface area contributed by atoms with Gasteiger partial charge in [-0.1, -0.05) is 0 Å². The van der Waals surface area contributed by atoms with Gasteiger partial charge in [0.2, 0.25) is 0 Å². The molecule has 5 heteroatoms. The van der Waals surface area contributed by atoms with Gasteiger partial charge in [0.25, 0.3) is 0 Å². The zero-order valence-electron chi connectivity index (χ0n) is 9.89. The molecule has 1 saturated heterocycles. The number of likely N-dealkylation sites (tertiary alicyclic amines) is 1. The molecule has 5 nitrogen and oxygen atoms in total. The van der Waals surface area contributed by atoms with Crippen molar-refractivity contribution in [3.63, 3.8) is 0 Å². The van der Waals surface area contributed by atoms with Gasteiger partial charge in [-0.05, 0) is 18.9 Å². The molecule has 0 amide bonds. The van der Waals surface area contributed by atoms with Crippen molar-refractivity contribution >= 4 is 5.82 Å². The highest BCUT2D eigenvalue weighted by molar-refractivity contribution is 5.39. The quantitative estimate of drug-likeness (QED) is 0.796. The van der Waals surface area contributed by atoms with Gasteiger partial charge >= 0.3 is 0 Å². The van der Waals surface area contributed by atoms with Crippen LogP contribution in [0.2, 0.25) is 0 Å². The first-order valence-corrected chi connectivity index (χ1v) is 5.76. The number of rotatable bonds is 4. The molecule has 0 aliphatic carbocycles. The summed E-state index contributed by atoms with van der Waals surface area (Å²) in [5, 5.41) is 11.9. The lowest BCUT2D eigenvalue weighted by Crippen LogP contribution is -2.30. The van der Waals surface area contributed by atoms with Gasteiger partial charge in [0.15, 0.2) is 6.19 Å². The monoisotopic (exact) mass is 232 g/mol. The van der Waals surface area contributed by atoms with Crippen LogP contribution in [0.15, 0.2) is 18.3 Å². The lowest BCUT2D eigenvalue weighted by atomic mass is 10.2. The van der Waals surface area contributed by atoms with Gasteiger partial charge in [-0.2, -0.15) is 5.26 Å². The molecular formula is C12H16N4O. The first-order valence-electron chi connectivity index (χ1n) is 5.76. The molecule has 1 N–H and O–H groups in total. The van der Waals surface area contributed by atoms with E-state index in [1.54, 1.807) is 11.1 Å². The summed E-state index contributed by atoms with van der Waals surface area (Å²) in [5.74, 6) is 1.57. The summed E-state index contributed by atoms with van der Waals surface area (Å²) in [6.45, 7) is 1.41. The summed E-state index contributed by atoms with van der Waals surface area (Å²) in [4.78, 5) is 5.91. The van der Waals surface area contributed by atoms with Crippen LogP contribution in [0.1, 0.15) is 12.8 Å². The zero-order valence-corrected chi connectivity index (χ0v) is 9.89. The minimum Gasteiger partial charge on any atom is -0.491 e. The van der Waals surface area contributed by atoms with E-state index in [9.17, 15) is 0 Å². The fourth-order valence-corrected chi connectivity index (χ4v) is 1.97. The van der Waals surface area contributed by atoms with Gasteiger partial charge in [0, 0.05) is 25.9 Å². The highest BCUT2D eigenvalue weighted by Crippen LogP contribution is 2.19. The summed E-state index contributed by atoms with van der Waals surface area (Å²) in [5.41, 5.74) is 0. The highest BCUT2D eigenvalue weighted by atomic mass is 16.5. The molecule has 0 spiro atoms. The number of aromatic nitrogens is 1. The van der Waals surface area contributed by atoms with Crippen LogP contribution in [0, 0.1) is 11.5 Å². The predicted molar refractivity (Wildman–Crippen MR) is 64.6 cm³/mol. The third-order valence-electron chi connectivity index (χ3n) is 2.94. The van der Waals surface area contributed by atoms with Gasteiger partial charge in [-0.25, -0.2) is 4.98 Å². The minimum absolute atomic E-state index is 0.214. The van der Waals surface area contributed by atoms with Crippen LogP contribution >= 0.6 is 0 Å². The zero-order chi connectivity index (χ0) is 12.1. The van der Waals surface area contributed by atoms with Gasteiger partial charge in [0.05, 0.1) is 6.04 Å². The fraction of sp³-hybridized carbons (Fsp3) is 0.500. The number of hydrogen-bond donors (Lipinski definition) is 1. The molecule has 0 saturated carbocycles. The molecule has 2 heterocycles. The van der Waals surface area contributed by atoms with Crippen LogP contribution in [-0.2, 0) is 0 Å². The molecule has 0 aromatic carbocycles. The Bertz CT molecular complexity index is 415. The molecule has 2 rings (SSSR count). The number of hydrogen-bond acceptors (Lipinski definition) is 5. The van der Waals surface area contributed by atoms with E-state index in [-0.39, 0.29) is 6.04 Å². The lowest BCUT2D eigenvalue weighted by Gasteiger charge is -2.18. The summed E-state index contributed by atoms with van der Waals surface area (Å²) in [7, 11) is 1.82. The third kappa shape index (κ3) is 2.78. The molecular weight excluding hydrogens is 216 g/mol. The molecule has 1 aromatic rings. The molecule has 1 atom stereocenters. The third-order valence-corrected chi connectivity index (χ3v) is 2.94. The average molecular weight is 232 g/mol. The molecule has 17 heavy (non-hydrogen) atoms. The number of nitriles is 1. The average Bonchev–Trinajstić information content (AvgIpc) is 2.84. The van der Waals surface area contributed by atoms with E-state index in [2.05, 4.69) is 16.5 Å². The minimum atomic E-state index is 0.214. The van der Waals surface area contributed by atoms with Crippen molar-refractivity contribution in [2.75, 3.05) is 25.5 Å². The summed E-state index contributed by atoms with van der Waals surface area (Å²) >= 11 is 0. The number of nitrogens with one attached hydrogen (secondary N) is 1. The Morgan fingerprint density at radius 1 is 1.71 bits per heavy atom. The second kappa shape index (κ2) is 5.39. The van der Waals surface area contributed by atoms with Crippen molar-refractivity contribution in [2.24, 2.45) is 0 Å². The largest absolute Gasteiger partial charge is 0.491 e. The number of pyridine rings is 1. The second-order valence-electron chi connectivity index (χ2n) is 4.03.